The standard InChI is InChI=1S/C18H29N3O2/c1-4-23-14-18(22)19-13-17(16-7-5-15(2)6-8-16)21-11-9-20(3)10-12-21/h5-8,17H,4,9-14H2,1-3H3,(H,19,22). The minimum absolute atomic E-state index is 0.0434. The van der Waals surface area contributed by atoms with Gasteiger partial charge < -0.3 is 15.0 Å². The number of likely N-dealkylation sites (N-methyl/N-ethyl adjacent to an activating group) is 1. The summed E-state index contributed by atoms with van der Waals surface area (Å²) in [5.41, 5.74) is 2.52. The van der Waals surface area contributed by atoms with Gasteiger partial charge in [-0.1, -0.05) is 29.8 Å². The lowest BCUT2D eigenvalue weighted by Crippen LogP contribution is -2.48. The first-order chi connectivity index (χ1) is 11.1. The summed E-state index contributed by atoms with van der Waals surface area (Å²) in [6.45, 7) is 9.49. The predicted molar refractivity (Wildman–Crippen MR) is 92.5 cm³/mol. The largest absolute Gasteiger partial charge is 0.372 e. The smallest absolute Gasteiger partial charge is 0.246 e. The molecule has 1 atom stereocenters. The maximum absolute atomic E-state index is 11.9. The summed E-state index contributed by atoms with van der Waals surface area (Å²) < 4.78 is 5.18. The molecule has 1 unspecified atom stereocenters. The van der Waals surface area contributed by atoms with Crippen LogP contribution in [0.3, 0.4) is 0 Å². The molecule has 1 N–H and O–H groups in total. The molecule has 5 heteroatoms. The van der Waals surface area contributed by atoms with Crippen LogP contribution < -0.4 is 5.32 Å². The van der Waals surface area contributed by atoms with Crippen LogP contribution in [0, 0.1) is 6.92 Å². The predicted octanol–water partition coefficient (Wildman–Crippen LogP) is 1.44. The fourth-order valence-electron chi connectivity index (χ4n) is 2.84. The number of rotatable bonds is 7. The Bertz CT molecular complexity index is 482. The van der Waals surface area contributed by atoms with E-state index in [9.17, 15) is 4.79 Å². The molecule has 1 amide bonds. The molecular weight excluding hydrogens is 290 g/mol. The molecule has 0 bridgehead atoms. The van der Waals surface area contributed by atoms with Crippen LogP contribution in [0.1, 0.15) is 24.1 Å². The molecule has 0 aliphatic carbocycles. The molecule has 1 aromatic carbocycles. The Hall–Kier alpha value is -1.43. The van der Waals surface area contributed by atoms with Crippen molar-refractivity contribution >= 4 is 5.91 Å². The lowest BCUT2D eigenvalue weighted by atomic mass is 10.0. The number of piperazine rings is 1. The Morgan fingerprint density at radius 1 is 1.22 bits per heavy atom. The molecule has 0 aromatic heterocycles. The number of amides is 1. The van der Waals surface area contributed by atoms with Gasteiger partial charge in [-0.2, -0.15) is 0 Å². The number of hydrogen-bond acceptors (Lipinski definition) is 4. The first kappa shape index (κ1) is 17.9. The van der Waals surface area contributed by atoms with E-state index in [1.807, 2.05) is 6.92 Å². The number of carbonyl (C=O) groups is 1. The third kappa shape index (κ3) is 5.61. The van der Waals surface area contributed by atoms with Crippen molar-refractivity contribution in [2.24, 2.45) is 0 Å². The van der Waals surface area contributed by atoms with E-state index < -0.39 is 0 Å². The minimum Gasteiger partial charge on any atom is -0.372 e. The van der Waals surface area contributed by atoms with Gasteiger partial charge in [-0.3, -0.25) is 9.69 Å². The molecule has 1 heterocycles. The normalized spacial score (nSPS) is 17.9. The zero-order valence-electron chi connectivity index (χ0n) is 14.5. The number of benzene rings is 1. The van der Waals surface area contributed by atoms with Gasteiger partial charge in [0.1, 0.15) is 6.61 Å². The first-order valence-electron chi connectivity index (χ1n) is 8.43. The van der Waals surface area contributed by atoms with Gasteiger partial charge in [-0.05, 0) is 26.5 Å². The van der Waals surface area contributed by atoms with Crippen LogP contribution >= 0.6 is 0 Å². The highest BCUT2D eigenvalue weighted by Gasteiger charge is 2.24. The number of hydrogen-bond donors (Lipinski definition) is 1. The van der Waals surface area contributed by atoms with E-state index in [0.29, 0.717) is 13.2 Å². The molecule has 0 spiro atoms. The van der Waals surface area contributed by atoms with Crippen molar-refractivity contribution in [3.8, 4) is 0 Å². The molecule has 1 saturated heterocycles. The fourth-order valence-corrected chi connectivity index (χ4v) is 2.84. The number of nitrogens with one attached hydrogen (secondary N) is 1. The Kier molecular flexibility index (Phi) is 7.02. The van der Waals surface area contributed by atoms with Gasteiger partial charge >= 0.3 is 0 Å². The van der Waals surface area contributed by atoms with Crippen molar-refractivity contribution < 1.29 is 9.53 Å². The van der Waals surface area contributed by atoms with Gasteiger partial charge in [-0.25, -0.2) is 0 Å². The number of nitrogens with zero attached hydrogens (tertiary/aromatic N) is 2. The molecule has 1 aliphatic heterocycles. The van der Waals surface area contributed by atoms with Crippen LogP contribution in [0.5, 0.6) is 0 Å². The SMILES string of the molecule is CCOCC(=O)NCC(c1ccc(C)cc1)N1CCN(C)CC1. The van der Waals surface area contributed by atoms with Crippen molar-refractivity contribution in [2.75, 3.05) is 53.0 Å². The van der Waals surface area contributed by atoms with E-state index in [2.05, 4.69) is 53.4 Å². The third-order valence-electron chi connectivity index (χ3n) is 4.37. The molecule has 0 radical (unpaired) electrons. The summed E-state index contributed by atoms with van der Waals surface area (Å²) in [7, 11) is 2.15. The quantitative estimate of drug-likeness (QED) is 0.826. The molecule has 0 saturated carbocycles. The van der Waals surface area contributed by atoms with E-state index in [-0.39, 0.29) is 18.6 Å². The van der Waals surface area contributed by atoms with E-state index in [1.165, 1.54) is 11.1 Å². The molecule has 23 heavy (non-hydrogen) atoms. The van der Waals surface area contributed by atoms with Gasteiger partial charge in [-0.15, -0.1) is 0 Å². The van der Waals surface area contributed by atoms with Crippen molar-refractivity contribution in [3.63, 3.8) is 0 Å². The highest BCUT2D eigenvalue weighted by molar-refractivity contribution is 5.77. The Morgan fingerprint density at radius 2 is 1.87 bits per heavy atom. The summed E-state index contributed by atoms with van der Waals surface area (Å²) in [4.78, 5) is 16.7. The highest BCUT2D eigenvalue weighted by atomic mass is 16.5. The van der Waals surface area contributed by atoms with Crippen LogP contribution in [0.15, 0.2) is 24.3 Å². The van der Waals surface area contributed by atoms with Crippen LogP contribution in [-0.4, -0.2) is 68.7 Å². The third-order valence-corrected chi connectivity index (χ3v) is 4.37. The lowest BCUT2D eigenvalue weighted by Gasteiger charge is -2.38. The summed E-state index contributed by atoms with van der Waals surface area (Å²) in [6.07, 6.45) is 0. The van der Waals surface area contributed by atoms with Crippen molar-refractivity contribution in [2.45, 2.75) is 19.9 Å². The molecule has 5 nitrogen and oxygen atoms in total. The summed E-state index contributed by atoms with van der Waals surface area (Å²) >= 11 is 0. The van der Waals surface area contributed by atoms with Gasteiger partial charge in [0.05, 0.1) is 6.04 Å². The second-order valence-corrected chi connectivity index (χ2v) is 6.21. The van der Waals surface area contributed by atoms with E-state index in [4.69, 9.17) is 4.74 Å². The Balaban J connectivity index is 2.02. The maximum Gasteiger partial charge on any atom is 0.246 e. The lowest BCUT2D eigenvalue weighted by molar-refractivity contribution is -0.125. The Morgan fingerprint density at radius 3 is 2.48 bits per heavy atom. The van der Waals surface area contributed by atoms with Crippen molar-refractivity contribution in [3.05, 3.63) is 35.4 Å². The molecule has 1 aliphatic rings. The highest BCUT2D eigenvalue weighted by Crippen LogP contribution is 2.22. The summed E-state index contributed by atoms with van der Waals surface area (Å²) in [6, 6.07) is 8.84. The van der Waals surface area contributed by atoms with Gasteiger partial charge in [0.2, 0.25) is 5.91 Å². The second-order valence-electron chi connectivity index (χ2n) is 6.21. The van der Waals surface area contributed by atoms with Crippen LogP contribution in [-0.2, 0) is 9.53 Å². The average molecular weight is 319 g/mol. The van der Waals surface area contributed by atoms with Crippen molar-refractivity contribution in [1.29, 1.82) is 0 Å². The zero-order chi connectivity index (χ0) is 16.7. The van der Waals surface area contributed by atoms with Crippen LogP contribution in [0.25, 0.3) is 0 Å². The molecule has 1 fully saturated rings. The fraction of sp³-hybridized carbons (Fsp3) is 0.611. The average Bonchev–Trinajstić information content (AvgIpc) is 2.56. The van der Waals surface area contributed by atoms with E-state index >= 15 is 0 Å². The number of carbonyl (C=O) groups excluding carboxylic acids is 1. The monoisotopic (exact) mass is 319 g/mol. The molecular formula is C18H29N3O2. The molecule has 128 valence electrons. The van der Waals surface area contributed by atoms with Gasteiger partial charge in [0.15, 0.2) is 0 Å². The van der Waals surface area contributed by atoms with Crippen molar-refractivity contribution in [1.82, 2.24) is 15.1 Å². The van der Waals surface area contributed by atoms with E-state index in [1.54, 1.807) is 0 Å². The van der Waals surface area contributed by atoms with Gasteiger partial charge in [0, 0.05) is 39.3 Å². The molecule has 2 rings (SSSR count). The zero-order valence-corrected chi connectivity index (χ0v) is 14.5. The first-order valence-corrected chi connectivity index (χ1v) is 8.43. The Labute approximate surface area is 139 Å². The minimum atomic E-state index is -0.0434. The number of ether oxygens (including phenoxy) is 1. The number of aryl methyl sites for hydroxylation is 1. The van der Waals surface area contributed by atoms with Crippen LogP contribution in [0.4, 0.5) is 0 Å². The summed E-state index contributed by atoms with van der Waals surface area (Å²) in [5, 5.41) is 3.02. The second kappa shape index (κ2) is 9.01. The van der Waals surface area contributed by atoms with E-state index in [0.717, 1.165) is 26.2 Å². The van der Waals surface area contributed by atoms with Crippen LogP contribution in [0.2, 0.25) is 0 Å². The maximum atomic E-state index is 11.9. The van der Waals surface area contributed by atoms with Gasteiger partial charge in [0.25, 0.3) is 0 Å². The molecule has 1 aromatic rings. The topological polar surface area (TPSA) is 44.8 Å². The summed E-state index contributed by atoms with van der Waals surface area (Å²) in [5.74, 6) is -0.0434.